The number of anilines is 1. The molecule has 0 unspecified atom stereocenters. The van der Waals surface area contributed by atoms with E-state index >= 15 is 0 Å². The van der Waals surface area contributed by atoms with Gasteiger partial charge in [0.25, 0.3) is 5.91 Å². The van der Waals surface area contributed by atoms with E-state index in [0.717, 1.165) is 18.7 Å². The van der Waals surface area contributed by atoms with Crippen molar-refractivity contribution >= 4 is 23.2 Å². The second kappa shape index (κ2) is 8.34. The molecular weight excluding hydrogens is 339 g/mol. The Labute approximate surface area is 152 Å². The maximum absolute atomic E-state index is 13.7. The van der Waals surface area contributed by atoms with E-state index in [9.17, 15) is 9.18 Å². The molecule has 0 spiro atoms. The molecule has 1 aliphatic heterocycles. The lowest BCUT2D eigenvalue weighted by Gasteiger charge is -2.28. The maximum atomic E-state index is 13.7. The first-order chi connectivity index (χ1) is 12.1. The van der Waals surface area contributed by atoms with Crippen LogP contribution in [0.5, 0.6) is 0 Å². The summed E-state index contributed by atoms with van der Waals surface area (Å²) in [7, 11) is 0. The number of hydrogen-bond acceptors (Lipinski definition) is 2. The molecule has 0 bridgehead atoms. The summed E-state index contributed by atoms with van der Waals surface area (Å²) < 4.78 is 13.7. The molecule has 2 aromatic carbocycles. The van der Waals surface area contributed by atoms with E-state index in [1.807, 2.05) is 0 Å². The molecule has 1 heterocycles. The quantitative estimate of drug-likeness (QED) is 0.854. The van der Waals surface area contributed by atoms with Crippen molar-refractivity contribution in [3.05, 3.63) is 64.4 Å². The summed E-state index contributed by atoms with van der Waals surface area (Å²) in [5.74, 6) is -1.08. The second-order valence-corrected chi connectivity index (χ2v) is 6.72. The Morgan fingerprint density at radius 1 is 1.08 bits per heavy atom. The van der Waals surface area contributed by atoms with E-state index in [1.54, 1.807) is 0 Å². The standard InChI is InChI=1S/C20H22ClFN2O/c21-17-5-4-6-18(22)19(17)20(25)23-12-11-15-7-9-16(10-8-15)24-13-2-1-3-14-24/h4-10H,1-3,11-14H2,(H,23,25). The number of carbonyl (C=O) groups excluding carboxylic acids is 1. The molecular formula is C20H22ClFN2O. The van der Waals surface area contributed by atoms with Crippen LogP contribution in [0.4, 0.5) is 10.1 Å². The Morgan fingerprint density at radius 3 is 2.48 bits per heavy atom. The molecule has 1 aliphatic rings. The molecule has 5 heteroatoms. The van der Waals surface area contributed by atoms with Gasteiger partial charge in [-0.05, 0) is 55.5 Å². The van der Waals surface area contributed by atoms with Crippen molar-refractivity contribution in [3.8, 4) is 0 Å². The average molecular weight is 361 g/mol. The van der Waals surface area contributed by atoms with E-state index in [-0.39, 0.29) is 10.6 Å². The van der Waals surface area contributed by atoms with Crippen LogP contribution in [-0.2, 0) is 6.42 Å². The van der Waals surface area contributed by atoms with Crippen molar-refractivity contribution in [3.63, 3.8) is 0 Å². The summed E-state index contributed by atoms with van der Waals surface area (Å²) in [6, 6.07) is 12.7. The van der Waals surface area contributed by atoms with Gasteiger partial charge >= 0.3 is 0 Å². The van der Waals surface area contributed by atoms with Gasteiger partial charge in [-0.3, -0.25) is 4.79 Å². The van der Waals surface area contributed by atoms with E-state index in [4.69, 9.17) is 11.6 Å². The highest BCUT2D eigenvalue weighted by Crippen LogP contribution is 2.21. The van der Waals surface area contributed by atoms with Gasteiger partial charge in [0, 0.05) is 25.3 Å². The van der Waals surface area contributed by atoms with Gasteiger partial charge in [0.05, 0.1) is 10.6 Å². The Balaban J connectivity index is 1.52. The molecule has 3 rings (SSSR count). The molecule has 3 nitrogen and oxygen atoms in total. The normalized spacial score (nSPS) is 14.4. The van der Waals surface area contributed by atoms with Gasteiger partial charge in [-0.25, -0.2) is 4.39 Å². The number of halogens is 2. The number of hydrogen-bond donors (Lipinski definition) is 1. The third kappa shape index (κ3) is 4.51. The van der Waals surface area contributed by atoms with Crippen LogP contribution in [-0.4, -0.2) is 25.5 Å². The lowest BCUT2D eigenvalue weighted by Crippen LogP contribution is -2.29. The number of amides is 1. The lowest BCUT2D eigenvalue weighted by atomic mass is 10.1. The fourth-order valence-corrected chi connectivity index (χ4v) is 3.40. The van der Waals surface area contributed by atoms with Gasteiger partial charge in [0.2, 0.25) is 0 Å². The summed E-state index contributed by atoms with van der Waals surface area (Å²) >= 11 is 5.91. The second-order valence-electron chi connectivity index (χ2n) is 6.32. The predicted octanol–water partition coefficient (Wildman–Crippen LogP) is 4.44. The molecule has 1 amide bonds. The van der Waals surface area contributed by atoms with Crippen LogP contribution < -0.4 is 10.2 Å². The Bertz CT molecular complexity index is 707. The van der Waals surface area contributed by atoms with Gasteiger partial charge in [0.1, 0.15) is 5.82 Å². The largest absolute Gasteiger partial charge is 0.372 e. The Kier molecular flexibility index (Phi) is 5.92. The third-order valence-electron chi connectivity index (χ3n) is 4.55. The zero-order chi connectivity index (χ0) is 17.6. The van der Waals surface area contributed by atoms with Crippen LogP contribution >= 0.6 is 11.6 Å². The van der Waals surface area contributed by atoms with Crippen LogP contribution in [0.25, 0.3) is 0 Å². The summed E-state index contributed by atoms with van der Waals surface area (Å²) in [5.41, 5.74) is 2.30. The topological polar surface area (TPSA) is 32.3 Å². The summed E-state index contributed by atoms with van der Waals surface area (Å²) in [6.45, 7) is 2.68. The predicted molar refractivity (Wildman–Crippen MR) is 100.0 cm³/mol. The van der Waals surface area contributed by atoms with Crippen LogP contribution in [0, 0.1) is 5.82 Å². The zero-order valence-electron chi connectivity index (χ0n) is 14.1. The smallest absolute Gasteiger partial charge is 0.255 e. The van der Waals surface area contributed by atoms with Gasteiger partial charge in [-0.15, -0.1) is 0 Å². The molecule has 1 fully saturated rings. The maximum Gasteiger partial charge on any atom is 0.255 e. The van der Waals surface area contributed by atoms with Crippen LogP contribution in [0.1, 0.15) is 35.2 Å². The molecule has 0 radical (unpaired) electrons. The van der Waals surface area contributed by atoms with Crippen molar-refractivity contribution in [2.45, 2.75) is 25.7 Å². The third-order valence-corrected chi connectivity index (χ3v) is 4.86. The van der Waals surface area contributed by atoms with Crippen molar-refractivity contribution in [1.29, 1.82) is 0 Å². The fraction of sp³-hybridized carbons (Fsp3) is 0.350. The van der Waals surface area contributed by atoms with E-state index in [0.29, 0.717) is 13.0 Å². The van der Waals surface area contributed by atoms with E-state index in [1.165, 1.54) is 43.1 Å². The van der Waals surface area contributed by atoms with Gasteiger partial charge < -0.3 is 10.2 Å². The molecule has 1 N–H and O–H groups in total. The fourth-order valence-electron chi connectivity index (χ4n) is 3.15. The molecule has 1 saturated heterocycles. The average Bonchev–Trinajstić information content (AvgIpc) is 2.63. The van der Waals surface area contributed by atoms with Crippen molar-refractivity contribution in [2.24, 2.45) is 0 Å². The number of nitrogens with zero attached hydrogens (tertiary/aromatic N) is 1. The number of carbonyl (C=O) groups is 1. The summed E-state index contributed by atoms with van der Waals surface area (Å²) in [6.07, 6.45) is 4.52. The van der Waals surface area contributed by atoms with Gasteiger partial charge in [-0.2, -0.15) is 0 Å². The first-order valence-corrected chi connectivity index (χ1v) is 9.09. The minimum atomic E-state index is -0.601. The molecule has 2 aromatic rings. The van der Waals surface area contributed by atoms with Crippen molar-refractivity contribution in [1.82, 2.24) is 5.32 Å². The molecule has 25 heavy (non-hydrogen) atoms. The molecule has 0 saturated carbocycles. The highest BCUT2D eigenvalue weighted by molar-refractivity contribution is 6.33. The first-order valence-electron chi connectivity index (χ1n) is 8.71. The highest BCUT2D eigenvalue weighted by Gasteiger charge is 2.15. The minimum absolute atomic E-state index is 0.0930. The number of benzene rings is 2. The van der Waals surface area contributed by atoms with Crippen LogP contribution in [0.3, 0.4) is 0 Å². The summed E-state index contributed by atoms with van der Waals surface area (Å²) in [5, 5.41) is 2.86. The minimum Gasteiger partial charge on any atom is -0.372 e. The number of rotatable bonds is 5. The van der Waals surface area contributed by atoms with E-state index in [2.05, 4.69) is 34.5 Å². The monoisotopic (exact) mass is 360 g/mol. The molecule has 132 valence electrons. The number of nitrogens with one attached hydrogen (secondary N) is 1. The summed E-state index contributed by atoms with van der Waals surface area (Å²) in [4.78, 5) is 14.5. The van der Waals surface area contributed by atoms with Crippen molar-refractivity contribution in [2.75, 3.05) is 24.5 Å². The highest BCUT2D eigenvalue weighted by atomic mass is 35.5. The van der Waals surface area contributed by atoms with Crippen LogP contribution in [0.15, 0.2) is 42.5 Å². The van der Waals surface area contributed by atoms with Gasteiger partial charge in [-0.1, -0.05) is 29.8 Å². The van der Waals surface area contributed by atoms with Crippen molar-refractivity contribution < 1.29 is 9.18 Å². The number of piperidine rings is 1. The van der Waals surface area contributed by atoms with Crippen LogP contribution in [0.2, 0.25) is 5.02 Å². The molecule has 0 aliphatic carbocycles. The zero-order valence-corrected chi connectivity index (χ0v) is 14.9. The molecule has 0 atom stereocenters. The first kappa shape index (κ1) is 17.7. The lowest BCUT2D eigenvalue weighted by molar-refractivity contribution is 0.0950. The van der Waals surface area contributed by atoms with Gasteiger partial charge in [0.15, 0.2) is 0 Å². The Hall–Kier alpha value is -2.07. The SMILES string of the molecule is O=C(NCCc1ccc(N2CCCCC2)cc1)c1c(F)cccc1Cl. The Morgan fingerprint density at radius 2 is 1.80 bits per heavy atom. The molecule has 0 aromatic heterocycles. The van der Waals surface area contributed by atoms with E-state index < -0.39 is 11.7 Å².